The molecule has 30 heavy (non-hydrogen) atoms. The van der Waals surface area contributed by atoms with Gasteiger partial charge in [0, 0.05) is 22.9 Å². The van der Waals surface area contributed by atoms with Crippen LogP contribution in [0.3, 0.4) is 0 Å². The fourth-order valence-electron chi connectivity index (χ4n) is 4.57. The van der Waals surface area contributed by atoms with Crippen LogP contribution in [0, 0.1) is 5.92 Å². The molecule has 0 radical (unpaired) electrons. The van der Waals surface area contributed by atoms with Crippen LogP contribution in [0.2, 0.25) is 0 Å². The Morgan fingerprint density at radius 3 is 2.63 bits per heavy atom. The lowest BCUT2D eigenvalue weighted by molar-refractivity contribution is -0.149. The third-order valence-electron chi connectivity index (χ3n) is 5.73. The summed E-state index contributed by atoms with van der Waals surface area (Å²) < 4.78 is 15.1. The molecule has 0 aromatic carbocycles. The smallest absolute Gasteiger partial charge is 0.430 e. The van der Waals surface area contributed by atoms with Gasteiger partial charge < -0.3 is 14.2 Å². The van der Waals surface area contributed by atoms with Gasteiger partial charge in [0.25, 0.3) is 0 Å². The molecular weight excluding hydrogens is 410 g/mol. The van der Waals surface area contributed by atoms with Crippen LogP contribution >= 0.6 is 11.3 Å². The van der Waals surface area contributed by atoms with Gasteiger partial charge in [-0.15, -0.1) is 11.3 Å². The summed E-state index contributed by atoms with van der Waals surface area (Å²) in [5, 5.41) is 3.15. The molecule has 3 heterocycles. The first-order valence-electron chi connectivity index (χ1n) is 10.2. The van der Waals surface area contributed by atoms with Crippen LogP contribution in [0.4, 0.5) is 9.59 Å². The van der Waals surface area contributed by atoms with E-state index in [-0.39, 0.29) is 49.8 Å². The van der Waals surface area contributed by atoms with Crippen LogP contribution in [-0.4, -0.2) is 67.1 Å². The maximum absolute atomic E-state index is 12.5. The van der Waals surface area contributed by atoms with Crippen molar-refractivity contribution in [2.24, 2.45) is 5.92 Å². The van der Waals surface area contributed by atoms with Crippen LogP contribution in [0.5, 0.6) is 0 Å². The SMILES string of the molecule is CCOC(=O)NN(CN1C2CCC1C(c1cccs1)C(C(=O)OC)C2)C(=O)OCC. The van der Waals surface area contributed by atoms with E-state index in [0.29, 0.717) is 6.42 Å². The molecule has 1 N–H and O–H groups in total. The summed E-state index contributed by atoms with van der Waals surface area (Å²) in [6.07, 6.45) is 1.10. The average molecular weight is 440 g/mol. The van der Waals surface area contributed by atoms with E-state index in [4.69, 9.17) is 14.2 Å². The summed E-state index contributed by atoms with van der Waals surface area (Å²) in [6.45, 7) is 3.94. The highest BCUT2D eigenvalue weighted by Gasteiger charge is 2.51. The zero-order valence-electron chi connectivity index (χ0n) is 17.5. The van der Waals surface area contributed by atoms with Crippen molar-refractivity contribution in [1.29, 1.82) is 0 Å². The summed E-state index contributed by atoms with van der Waals surface area (Å²) in [5.74, 6) is -0.448. The van der Waals surface area contributed by atoms with Gasteiger partial charge in [-0.3, -0.25) is 9.69 Å². The van der Waals surface area contributed by atoms with E-state index >= 15 is 0 Å². The van der Waals surface area contributed by atoms with Gasteiger partial charge in [0.05, 0.1) is 32.9 Å². The average Bonchev–Trinajstić information content (AvgIpc) is 3.34. The van der Waals surface area contributed by atoms with Crippen molar-refractivity contribution in [2.45, 2.75) is 51.1 Å². The lowest BCUT2D eigenvalue weighted by Crippen LogP contribution is -2.58. The van der Waals surface area contributed by atoms with Crippen LogP contribution in [0.25, 0.3) is 0 Å². The van der Waals surface area contributed by atoms with E-state index in [2.05, 4.69) is 10.3 Å². The number of amides is 2. The van der Waals surface area contributed by atoms with E-state index in [1.807, 2.05) is 17.5 Å². The number of carbonyl (C=O) groups excluding carboxylic acids is 3. The van der Waals surface area contributed by atoms with Gasteiger partial charge in [0.1, 0.15) is 0 Å². The Balaban J connectivity index is 1.83. The maximum atomic E-state index is 12.5. The molecule has 1 aromatic heterocycles. The Kier molecular flexibility index (Phi) is 7.54. The molecule has 2 saturated heterocycles. The first-order chi connectivity index (χ1) is 14.5. The standard InChI is InChI=1S/C20H29N3O6S/c1-4-28-19(25)21-23(20(26)29-5-2)12-22-13-8-9-15(22)17(16-7-6-10-30-16)14(11-13)18(24)27-3/h6-7,10,13-15,17H,4-5,8-9,11-12H2,1-3H3,(H,21,25). The molecule has 4 atom stereocenters. The molecule has 2 amide bonds. The maximum Gasteiger partial charge on any atom is 0.430 e. The van der Waals surface area contributed by atoms with E-state index in [1.54, 1.807) is 25.2 Å². The first-order valence-corrected chi connectivity index (χ1v) is 11.1. The molecule has 0 aliphatic carbocycles. The molecular formula is C20H29N3O6S. The normalized spacial score (nSPS) is 25.4. The second-order valence-corrected chi connectivity index (χ2v) is 8.30. The molecule has 166 valence electrons. The number of carbonyl (C=O) groups is 3. The number of hydrogen-bond acceptors (Lipinski definition) is 8. The van der Waals surface area contributed by atoms with Gasteiger partial charge in [-0.1, -0.05) is 6.07 Å². The highest BCUT2D eigenvalue weighted by atomic mass is 32.1. The summed E-state index contributed by atoms with van der Waals surface area (Å²) >= 11 is 1.62. The van der Waals surface area contributed by atoms with E-state index in [9.17, 15) is 14.4 Å². The number of fused-ring (bicyclic) bond motifs is 2. The van der Waals surface area contributed by atoms with Crippen molar-refractivity contribution in [3.05, 3.63) is 22.4 Å². The molecule has 3 rings (SSSR count). The topological polar surface area (TPSA) is 97.4 Å². The van der Waals surface area contributed by atoms with Gasteiger partial charge in [-0.25, -0.2) is 20.0 Å². The lowest BCUT2D eigenvalue weighted by atomic mass is 9.79. The quantitative estimate of drug-likeness (QED) is 0.413. The number of nitrogens with one attached hydrogen (secondary N) is 1. The number of piperidine rings is 1. The number of esters is 1. The van der Waals surface area contributed by atoms with Gasteiger partial charge in [0.2, 0.25) is 0 Å². The fraction of sp³-hybridized carbons (Fsp3) is 0.650. The van der Waals surface area contributed by atoms with Crippen molar-refractivity contribution < 1.29 is 28.6 Å². The van der Waals surface area contributed by atoms with Gasteiger partial charge in [-0.2, -0.15) is 0 Å². The highest BCUT2D eigenvalue weighted by Crippen LogP contribution is 2.48. The van der Waals surface area contributed by atoms with Crippen LogP contribution in [0.15, 0.2) is 17.5 Å². The molecule has 0 saturated carbocycles. The Morgan fingerprint density at radius 2 is 2.00 bits per heavy atom. The van der Waals surface area contributed by atoms with E-state index in [0.717, 1.165) is 22.7 Å². The molecule has 4 unspecified atom stereocenters. The third kappa shape index (κ3) is 4.70. The number of hydrogen-bond donors (Lipinski definition) is 1. The minimum Gasteiger partial charge on any atom is -0.469 e. The summed E-state index contributed by atoms with van der Waals surface area (Å²) in [5.41, 5.74) is 2.48. The van der Waals surface area contributed by atoms with Gasteiger partial charge in [0.15, 0.2) is 0 Å². The first kappa shape index (κ1) is 22.4. The van der Waals surface area contributed by atoms with Crippen molar-refractivity contribution in [3.8, 4) is 0 Å². The number of rotatable bonds is 6. The Hall–Kier alpha value is -2.33. The van der Waals surface area contributed by atoms with Crippen LogP contribution in [-0.2, 0) is 19.0 Å². The van der Waals surface area contributed by atoms with Crippen molar-refractivity contribution in [1.82, 2.24) is 15.3 Å². The second kappa shape index (κ2) is 10.1. The Morgan fingerprint density at radius 1 is 1.23 bits per heavy atom. The molecule has 9 nitrogen and oxygen atoms in total. The number of methoxy groups -OCH3 is 1. The highest BCUT2D eigenvalue weighted by molar-refractivity contribution is 7.10. The Labute approximate surface area is 180 Å². The van der Waals surface area contributed by atoms with Crippen LogP contribution in [0.1, 0.15) is 43.9 Å². The zero-order chi connectivity index (χ0) is 21.7. The minimum atomic E-state index is -0.711. The molecule has 1 aromatic rings. The van der Waals surface area contributed by atoms with Crippen molar-refractivity contribution in [3.63, 3.8) is 0 Å². The third-order valence-corrected chi connectivity index (χ3v) is 6.71. The Bertz CT molecular complexity index is 743. The fourth-order valence-corrected chi connectivity index (χ4v) is 5.52. The second-order valence-electron chi connectivity index (χ2n) is 7.32. The van der Waals surface area contributed by atoms with E-state index < -0.39 is 12.2 Å². The number of nitrogens with zero attached hydrogens (tertiary/aromatic N) is 2. The number of hydrazine groups is 1. The zero-order valence-corrected chi connectivity index (χ0v) is 18.4. The summed E-state index contributed by atoms with van der Waals surface area (Å²) in [4.78, 5) is 40.3. The monoisotopic (exact) mass is 439 g/mol. The predicted molar refractivity (Wildman–Crippen MR) is 110 cm³/mol. The molecule has 2 fully saturated rings. The van der Waals surface area contributed by atoms with Crippen molar-refractivity contribution in [2.75, 3.05) is 27.0 Å². The van der Waals surface area contributed by atoms with E-state index in [1.165, 1.54) is 7.11 Å². The number of thiophene rings is 1. The molecule has 10 heteroatoms. The molecule has 0 spiro atoms. The largest absolute Gasteiger partial charge is 0.469 e. The van der Waals surface area contributed by atoms with Crippen molar-refractivity contribution >= 4 is 29.5 Å². The van der Waals surface area contributed by atoms with Gasteiger partial charge in [-0.05, 0) is 44.6 Å². The van der Waals surface area contributed by atoms with Gasteiger partial charge >= 0.3 is 18.2 Å². The lowest BCUT2D eigenvalue weighted by Gasteiger charge is -2.44. The predicted octanol–water partition coefficient (Wildman–Crippen LogP) is 2.93. The molecule has 2 aliphatic heterocycles. The molecule has 2 aliphatic rings. The van der Waals surface area contributed by atoms with Crippen LogP contribution < -0.4 is 5.43 Å². The minimum absolute atomic E-state index is 0.0251. The summed E-state index contributed by atoms with van der Waals surface area (Å²) in [7, 11) is 1.42. The molecule has 2 bridgehead atoms. The number of ether oxygens (including phenoxy) is 3. The summed E-state index contributed by atoms with van der Waals surface area (Å²) in [6, 6.07) is 4.18.